The minimum absolute atomic E-state index is 0.0954. The van der Waals surface area contributed by atoms with Gasteiger partial charge in [0.1, 0.15) is 17.8 Å². The molecule has 1 N–H and O–H groups in total. The molecule has 0 saturated heterocycles. The summed E-state index contributed by atoms with van der Waals surface area (Å²) >= 11 is 0. The summed E-state index contributed by atoms with van der Waals surface area (Å²) < 4.78 is 43.6. The molecule has 0 radical (unpaired) electrons. The second kappa shape index (κ2) is 8.02. The van der Waals surface area contributed by atoms with Crippen LogP contribution in [0.3, 0.4) is 0 Å². The molecule has 2 heterocycles. The fraction of sp³-hybridized carbons (Fsp3) is 0.227. The largest absolute Gasteiger partial charge is 0.378 e. The van der Waals surface area contributed by atoms with E-state index in [9.17, 15) is 9.50 Å². The Labute approximate surface area is 166 Å². The third kappa shape index (κ3) is 3.98. The van der Waals surface area contributed by atoms with E-state index in [1.54, 1.807) is 0 Å². The highest BCUT2D eigenvalue weighted by molar-refractivity contribution is 5.42. The van der Waals surface area contributed by atoms with Crippen molar-refractivity contribution in [2.75, 3.05) is 0 Å². The van der Waals surface area contributed by atoms with Crippen molar-refractivity contribution in [3.05, 3.63) is 89.5 Å². The van der Waals surface area contributed by atoms with Crippen LogP contribution in [0.2, 0.25) is 0 Å². The molecule has 0 aliphatic heterocycles. The van der Waals surface area contributed by atoms with E-state index in [1.807, 2.05) is 0 Å². The SMILES string of the molecule is CC(C)C(O)(c1cncnc1)C(F)(F)c1ccc(C#Cc2ccc(F)cc2)cn1. The summed E-state index contributed by atoms with van der Waals surface area (Å²) in [6.45, 7) is 2.98. The van der Waals surface area contributed by atoms with Crippen LogP contribution >= 0.6 is 0 Å². The summed E-state index contributed by atoms with van der Waals surface area (Å²) in [7, 11) is 0. The van der Waals surface area contributed by atoms with Crippen LogP contribution in [0.25, 0.3) is 0 Å². The Morgan fingerprint density at radius 2 is 1.48 bits per heavy atom. The minimum atomic E-state index is -3.70. The molecule has 0 aliphatic rings. The van der Waals surface area contributed by atoms with E-state index in [1.165, 1.54) is 69.1 Å². The van der Waals surface area contributed by atoms with Crippen molar-refractivity contribution in [2.24, 2.45) is 5.92 Å². The average molecular weight is 397 g/mol. The number of halogens is 3. The van der Waals surface area contributed by atoms with Crippen LogP contribution in [0.4, 0.5) is 13.2 Å². The Morgan fingerprint density at radius 3 is 2.03 bits per heavy atom. The lowest BCUT2D eigenvalue weighted by molar-refractivity contribution is -0.220. The van der Waals surface area contributed by atoms with Crippen LogP contribution in [0, 0.1) is 23.6 Å². The topological polar surface area (TPSA) is 58.9 Å². The molecule has 0 amide bonds. The first kappa shape index (κ1) is 20.5. The number of aromatic nitrogens is 3. The first-order chi connectivity index (χ1) is 13.7. The van der Waals surface area contributed by atoms with E-state index in [2.05, 4.69) is 26.8 Å². The standard InChI is InChI=1S/C22H18F3N3O/c1-15(2)21(29,18-12-26-14-27-13-18)22(24,25)20-10-7-17(11-28-20)4-3-16-5-8-19(23)9-6-16/h5-15,29H,1-2H3. The monoisotopic (exact) mass is 397 g/mol. The quantitative estimate of drug-likeness (QED) is 0.675. The predicted octanol–water partition coefficient (Wildman–Crippen LogP) is 4.05. The number of hydrogen-bond donors (Lipinski definition) is 1. The van der Waals surface area contributed by atoms with Gasteiger partial charge in [0.15, 0.2) is 5.60 Å². The van der Waals surface area contributed by atoms with Gasteiger partial charge in [-0.1, -0.05) is 25.7 Å². The third-order valence-corrected chi connectivity index (χ3v) is 4.60. The third-order valence-electron chi connectivity index (χ3n) is 4.60. The zero-order valence-corrected chi connectivity index (χ0v) is 15.8. The summed E-state index contributed by atoms with van der Waals surface area (Å²) in [4.78, 5) is 11.3. The molecule has 7 heteroatoms. The van der Waals surface area contributed by atoms with Crippen LogP contribution in [0.5, 0.6) is 0 Å². The summed E-state index contributed by atoms with van der Waals surface area (Å²) in [6, 6.07) is 8.13. The Hall–Kier alpha value is -3.24. The highest BCUT2D eigenvalue weighted by Gasteiger charge is 2.58. The molecule has 0 saturated carbocycles. The molecule has 0 aliphatic carbocycles. The number of rotatable bonds is 4. The lowest BCUT2D eigenvalue weighted by atomic mass is 9.78. The van der Waals surface area contributed by atoms with E-state index in [0.717, 1.165) is 6.07 Å². The molecule has 29 heavy (non-hydrogen) atoms. The minimum Gasteiger partial charge on any atom is -0.378 e. The van der Waals surface area contributed by atoms with Gasteiger partial charge in [0, 0.05) is 35.3 Å². The Bertz CT molecular complexity index is 1030. The molecule has 0 spiro atoms. The number of benzene rings is 1. The molecule has 148 valence electrons. The lowest BCUT2D eigenvalue weighted by Crippen LogP contribution is -2.48. The molecular weight excluding hydrogens is 379 g/mol. The molecule has 1 atom stereocenters. The molecule has 1 unspecified atom stereocenters. The lowest BCUT2D eigenvalue weighted by Gasteiger charge is -2.38. The van der Waals surface area contributed by atoms with Gasteiger partial charge in [-0.05, 0) is 42.3 Å². The van der Waals surface area contributed by atoms with Crippen LogP contribution in [-0.4, -0.2) is 20.1 Å². The second-order valence-corrected chi connectivity index (χ2v) is 6.81. The molecule has 0 fully saturated rings. The molecule has 2 aromatic heterocycles. The van der Waals surface area contributed by atoms with Gasteiger partial charge in [-0.3, -0.25) is 4.98 Å². The van der Waals surface area contributed by atoms with Crippen LogP contribution in [-0.2, 0) is 11.5 Å². The summed E-state index contributed by atoms with van der Waals surface area (Å²) in [5, 5.41) is 11.0. The van der Waals surface area contributed by atoms with E-state index in [-0.39, 0.29) is 11.4 Å². The van der Waals surface area contributed by atoms with Gasteiger partial charge >= 0.3 is 5.92 Å². The Kier molecular flexibility index (Phi) is 5.66. The van der Waals surface area contributed by atoms with E-state index < -0.39 is 23.1 Å². The van der Waals surface area contributed by atoms with Gasteiger partial charge in [0.25, 0.3) is 0 Å². The van der Waals surface area contributed by atoms with E-state index in [4.69, 9.17) is 0 Å². The van der Waals surface area contributed by atoms with Crippen molar-refractivity contribution in [2.45, 2.75) is 25.4 Å². The second-order valence-electron chi connectivity index (χ2n) is 6.81. The van der Waals surface area contributed by atoms with Gasteiger partial charge in [0.2, 0.25) is 0 Å². The Balaban J connectivity index is 1.92. The first-order valence-corrected chi connectivity index (χ1v) is 8.85. The first-order valence-electron chi connectivity index (χ1n) is 8.85. The van der Waals surface area contributed by atoms with Gasteiger partial charge in [0.05, 0.1) is 0 Å². The van der Waals surface area contributed by atoms with Crippen molar-refractivity contribution >= 4 is 0 Å². The normalized spacial score (nSPS) is 13.5. The molecule has 1 aromatic carbocycles. The molecular formula is C22H18F3N3O. The molecule has 3 aromatic rings. The van der Waals surface area contributed by atoms with Crippen LogP contribution in [0.1, 0.15) is 36.2 Å². The van der Waals surface area contributed by atoms with Crippen molar-refractivity contribution < 1.29 is 18.3 Å². The molecule has 0 bridgehead atoms. The van der Waals surface area contributed by atoms with Crippen molar-refractivity contribution in [1.82, 2.24) is 15.0 Å². The highest BCUT2D eigenvalue weighted by Crippen LogP contribution is 2.48. The maximum absolute atomic E-state index is 15.3. The van der Waals surface area contributed by atoms with Crippen LogP contribution < -0.4 is 0 Å². The number of aliphatic hydroxyl groups is 1. The summed E-state index contributed by atoms with van der Waals surface area (Å²) in [5.74, 6) is 0.687. The maximum atomic E-state index is 15.3. The number of nitrogens with zero attached hydrogens (tertiary/aromatic N) is 3. The van der Waals surface area contributed by atoms with Gasteiger partial charge in [-0.15, -0.1) is 0 Å². The summed E-state index contributed by atoms with van der Waals surface area (Å²) in [6.07, 6.45) is 4.75. The number of alkyl halides is 2. The van der Waals surface area contributed by atoms with Crippen LogP contribution in [0.15, 0.2) is 61.3 Å². The van der Waals surface area contributed by atoms with Crippen molar-refractivity contribution in [3.8, 4) is 11.8 Å². The van der Waals surface area contributed by atoms with E-state index in [0.29, 0.717) is 11.1 Å². The highest BCUT2D eigenvalue weighted by atomic mass is 19.3. The van der Waals surface area contributed by atoms with E-state index >= 15 is 8.78 Å². The number of pyridine rings is 1. The number of hydrogen-bond acceptors (Lipinski definition) is 4. The van der Waals surface area contributed by atoms with Gasteiger partial charge in [-0.25, -0.2) is 14.4 Å². The predicted molar refractivity (Wildman–Crippen MR) is 101 cm³/mol. The zero-order chi connectivity index (χ0) is 21.1. The fourth-order valence-corrected chi connectivity index (χ4v) is 2.90. The maximum Gasteiger partial charge on any atom is 0.322 e. The average Bonchev–Trinajstić information content (AvgIpc) is 2.73. The molecule has 4 nitrogen and oxygen atoms in total. The summed E-state index contributed by atoms with van der Waals surface area (Å²) in [5.41, 5.74) is -2.24. The smallest absolute Gasteiger partial charge is 0.322 e. The molecule has 3 rings (SSSR count). The van der Waals surface area contributed by atoms with Crippen molar-refractivity contribution in [3.63, 3.8) is 0 Å². The zero-order valence-electron chi connectivity index (χ0n) is 15.8. The van der Waals surface area contributed by atoms with Gasteiger partial charge < -0.3 is 5.11 Å². The Morgan fingerprint density at radius 1 is 0.897 bits per heavy atom. The fourth-order valence-electron chi connectivity index (χ4n) is 2.90. The van der Waals surface area contributed by atoms with Gasteiger partial charge in [-0.2, -0.15) is 8.78 Å². The van der Waals surface area contributed by atoms with Crippen molar-refractivity contribution in [1.29, 1.82) is 0 Å².